The van der Waals surface area contributed by atoms with E-state index in [0.29, 0.717) is 6.04 Å². The van der Waals surface area contributed by atoms with Gasteiger partial charge in [0, 0.05) is 24.8 Å². The van der Waals surface area contributed by atoms with Crippen LogP contribution in [0.3, 0.4) is 0 Å². The third-order valence-electron chi connectivity index (χ3n) is 3.92. The average Bonchev–Trinajstić information content (AvgIpc) is 2.81. The third kappa shape index (κ3) is 3.57. The first-order valence-corrected chi connectivity index (χ1v) is 7.55. The summed E-state index contributed by atoms with van der Waals surface area (Å²) in [5.74, 6) is 0. The number of hydrogen-bond donors (Lipinski definition) is 0. The zero-order valence-corrected chi connectivity index (χ0v) is 12.7. The van der Waals surface area contributed by atoms with E-state index < -0.39 is 0 Å². The largest absolute Gasteiger partial charge is 0.374 e. The summed E-state index contributed by atoms with van der Waals surface area (Å²) in [5.41, 5.74) is 2.51. The Morgan fingerprint density at radius 3 is 2.79 bits per heavy atom. The zero-order chi connectivity index (χ0) is 13.8. The standard InChI is InChI=1S/C15H27N3O/c1-5-13-9-14(6-2)18(16-13)11-15-10-17(12(3)4)7-8-19-15/h9,12,15H,5-8,10-11H2,1-4H3. The van der Waals surface area contributed by atoms with Crippen molar-refractivity contribution in [3.63, 3.8) is 0 Å². The number of ether oxygens (including phenoxy) is 1. The molecule has 0 amide bonds. The molecule has 0 saturated carbocycles. The van der Waals surface area contributed by atoms with Gasteiger partial charge in [0.05, 0.1) is 24.9 Å². The molecule has 4 nitrogen and oxygen atoms in total. The molecule has 1 aromatic heterocycles. The predicted molar refractivity (Wildman–Crippen MR) is 77.4 cm³/mol. The molecule has 0 spiro atoms. The van der Waals surface area contributed by atoms with Crippen molar-refractivity contribution in [2.45, 2.75) is 59.2 Å². The molecule has 1 unspecified atom stereocenters. The van der Waals surface area contributed by atoms with Crippen molar-refractivity contribution in [1.29, 1.82) is 0 Å². The molecule has 19 heavy (non-hydrogen) atoms. The van der Waals surface area contributed by atoms with Crippen molar-refractivity contribution in [2.75, 3.05) is 19.7 Å². The summed E-state index contributed by atoms with van der Waals surface area (Å²) in [5, 5.41) is 4.68. The fourth-order valence-electron chi connectivity index (χ4n) is 2.64. The van der Waals surface area contributed by atoms with Crippen LogP contribution in [-0.4, -0.2) is 46.5 Å². The average molecular weight is 265 g/mol. The van der Waals surface area contributed by atoms with Crippen LogP contribution < -0.4 is 0 Å². The van der Waals surface area contributed by atoms with Crippen molar-refractivity contribution < 1.29 is 4.74 Å². The highest BCUT2D eigenvalue weighted by Gasteiger charge is 2.23. The Labute approximate surface area is 116 Å². The molecule has 1 atom stereocenters. The predicted octanol–water partition coefficient (Wildman–Crippen LogP) is 2.12. The Morgan fingerprint density at radius 2 is 2.16 bits per heavy atom. The van der Waals surface area contributed by atoms with Gasteiger partial charge in [-0.15, -0.1) is 0 Å². The van der Waals surface area contributed by atoms with Crippen LogP contribution in [0.25, 0.3) is 0 Å². The number of nitrogens with zero attached hydrogens (tertiary/aromatic N) is 3. The molecule has 0 aromatic carbocycles. The van der Waals surface area contributed by atoms with Gasteiger partial charge in [0.1, 0.15) is 0 Å². The van der Waals surface area contributed by atoms with E-state index in [1.807, 2.05) is 0 Å². The molecule has 1 aliphatic rings. The molecule has 108 valence electrons. The van der Waals surface area contributed by atoms with Gasteiger partial charge in [-0.2, -0.15) is 5.10 Å². The first-order chi connectivity index (χ1) is 9.13. The highest BCUT2D eigenvalue weighted by molar-refractivity contribution is 5.10. The quantitative estimate of drug-likeness (QED) is 0.817. The Morgan fingerprint density at radius 1 is 1.37 bits per heavy atom. The lowest BCUT2D eigenvalue weighted by atomic mass is 10.2. The number of rotatable bonds is 5. The summed E-state index contributed by atoms with van der Waals surface area (Å²) in [6.07, 6.45) is 2.31. The molecule has 1 aliphatic heterocycles. The van der Waals surface area contributed by atoms with Gasteiger partial charge in [-0.25, -0.2) is 0 Å². The summed E-state index contributed by atoms with van der Waals surface area (Å²) in [6.45, 7) is 12.6. The van der Waals surface area contributed by atoms with Crippen molar-refractivity contribution in [2.24, 2.45) is 0 Å². The van der Waals surface area contributed by atoms with Gasteiger partial charge in [-0.1, -0.05) is 13.8 Å². The Kier molecular flexibility index (Phi) is 4.99. The maximum absolute atomic E-state index is 5.90. The summed E-state index contributed by atoms with van der Waals surface area (Å²) >= 11 is 0. The fourth-order valence-corrected chi connectivity index (χ4v) is 2.64. The van der Waals surface area contributed by atoms with Gasteiger partial charge in [0.25, 0.3) is 0 Å². The highest BCUT2D eigenvalue weighted by Crippen LogP contribution is 2.13. The maximum atomic E-state index is 5.90. The molecule has 0 radical (unpaired) electrons. The first kappa shape index (κ1) is 14.5. The molecule has 2 heterocycles. The van der Waals surface area contributed by atoms with E-state index in [0.717, 1.165) is 39.1 Å². The minimum Gasteiger partial charge on any atom is -0.374 e. The molecule has 4 heteroatoms. The van der Waals surface area contributed by atoms with E-state index in [2.05, 4.69) is 48.4 Å². The molecule has 0 bridgehead atoms. The third-order valence-corrected chi connectivity index (χ3v) is 3.92. The van der Waals surface area contributed by atoms with Crippen LogP contribution in [0, 0.1) is 0 Å². The van der Waals surface area contributed by atoms with Crippen LogP contribution in [-0.2, 0) is 24.1 Å². The monoisotopic (exact) mass is 265 g/mol. The Bertz CT molecular complexity index is 400. The highest BCUT2D eigenvalue weighted by atomic mass is 16.5. The maximum Gasteiger partial charge on any atom is 0.0898 e. The lowest BCUT2D eigenvalue weighted by molar-refractivity contribution is -0.0472. The minimum absolute atomic E-state index is 0.269. The SMILES string of the molecule is CCc1cc(CC)n(CC2CN(C(C)C)CCO2)n1. The van der Waals surface area contributed by atoms with Crippen LogP contribution in [0.15, 0.2) is 6.07 Å². The second-order valence-electron chi connectivity index (χ2n) is 5.60. The zero-order valence-electron chi connectivity index (χ0n) is 12.7. The topological polar surface area (TPSA) is 30.3 Å². The first-order valence-electron chi connectivity index (χ1n) is 7.55. The van der Waals surface area contributed by atoms with E-state index >= 15 is 0 Å². The second kappa shape index (κ2) is 6.53. The van der Waals surface area contributed by atoms with Gasteiger partial charge < -0.3 is 4.74 Å². The lowest BCUT2D eigenvalue weighted by Crippen LogP contribution is -2.47. The van der Waals surface area contributed by atoms with Gasteiger partial charge in [-0.3, -0.25) is 9.58 Å². The van der Waals surface area contributed by atoms with Crippen LogP contribution in [0.5, 0.6) is 0 Å². The van der Waals surface area contributed by atoms with E-state index in [4.69, 9.17) is 4.74 Å². The Hall–Kier alpha value is -0.870. The van der Waals surface area contributed by atoms with E-state index in [-0.39, 0.29) is 6.10 Å². The second-order valence-corrected chi connectivity index (χ2v) is 5.60. The van der Waals surface area contributed by atoms with Crippen molar-refractivity contribution >= 4 is 0 Å². The number of aromatic nitrogens is 2. The van der Waals surface area contributed by atoms with Gasteiger partial charge in [-0.05, 0) is 32.8 Å². The van der Waals surface area contributed by atoms with Gasteiger partial charge in [0.2, 0.25) is 0 Å². The number of aryl methyl sites for hydroxylation is 2. The van der Waals surface area contributed by atoms with Crippen LogP contribution >= 0.6 is 0 Å². The smallest absolute Gasteiger partial charge is 0.0898 e. The van der Waals surface area contributed by atoms with E-state index in [9.17, 15) is 0 Å². The molecule has 2 rings (SSSR count). The van der Waals surface area contributed by atoms with Crippen molar-refractivity contribution in [3.05, 3.63) is 17.5 Å². The lowest BCUT2D eigenvalue weighted by Gasteiger charge is -2.35. The number of morpholine rings is 1. The summed E-state index contributed by atoms with van der Waals surface area (Å²) in [6, 6.07) is 2.82. The molecule has 0 aliphatic carbocycles. The van der Waals surface area contributed by atoms with E-state index in [1.165, 1.54) is 11.4 Å². The molecule has 1 aromatic rings. The molecular weight excluding hydrogens is 238 g/mol. The van der Waals surface area contributed by atoms with Crippen molar-refractivity contribution in [3.8, 4) is 0 Å². The van der Waals surface area contributed by atoms with E-state index in [1.54, 1.807) is 0 Å². The van der Waals surface area contributed by atoms with Crippen LogP contribution in [0.2, 0.25) is 0 Å². The summed E-state index contributed by atoms with van der Waals surface area (Å²) in [4.78, 5) is 2.49. The van der Waals surface area contributed by atoms with Crippen LogP contribution in [0.4, 0.5) is 0 Å². The van der Waals surface area contributed by atoms with Gasteiger partial charge in [0.15, 0.2) is 0 Å². The molecule has 1 saturated heterocycles. The molecular formula is C15H27N3O. The normalized spacial score (nSPS) is 21.2. The molecule has 1 fully saturated rings. The molecule has 0 N–H and O–H groups in total. The van der Waals surface area contributed by atoms with Crippen molar-refractivity contribution in [1.82, 2.24) is 14.7 Å². The summed E-state index contributed by atoms with van der Waals surface area (Å²) < 4.78 is 8.05. The Balaban J connectivity index is 2.02. The summed E-state index contributed by atoms with van der Waals surface area (Å²) in [7, 11) is 0. The van der Waals surface area contributed by atoms with Crippen LogP contribution in [0.1, 0.15) is 39.1 Å². The fraction of sp³-hybridized carbons (Fsp3) is 0.800. The number of hydrogen-bond acceptors (Lipinski definition) is 3. The van der Waals surface area contributed by atoms with Gasteiger partial charge >= 0.3 is 0 Å². The minimum atomic E-state index is 0.269.